The van der Waals surface area contributed by atoms with Gasteiger partial charge in [0.1, 0.15) is 0 Å². The fourth-order valence-electron chi connectivity index (χ4n) is 1.82. The Morgan fingerprint density at radius 3 is 2.44 bits per heavy atom. The summed E-state index contributed by atoms with van der Waals surface area (Å²) in [6, 6.07) is 11.9. The molecule has 0 radical (unpaired) electrons. The van der Waals surface area contributed by atoms with Crippen molar-refractivity contribution in [3.8, 4) is 0 Å². The van der Waals surface area contributed by atoms with Crippen molar-refractivity contribution in [1.82, 2.24) is 0 Å². The van der Waals surface area contributed by atoms with Gasteiger partial charge in [-0.05, 0) is 10.8 Å². The Kier molecular flexibility index (Phi) is 2.88. The topological polar surface area (TPSA) is 20.2 Å². The largest absolute Gasteiger partial charge is 0.396 e. The van der Waals surface area contributed by atoms with Gasteiger partial charge in [0.05, 0.1) is 0 Å². The van der Waals surface area contributed by atoms with Crippen LogP contribution in [0.1, 0.15) is 12.0 Å². The maximum absolute atomic E-state index is 13.7. The minimum atomic E-state index is -2.98. The summed E-state index contributed by atoms with van der Waals surface area (Å²) in [6.45, 7) is -0.518. The third-order valence-electron chi connectivity index (χ3n) is 2.61. The zero-order chi connectivity index (χ0) is 11.6. The van der Waals surface area contributed by atoms with Crippen molar-refractivity contribution >= 4 is 10.8 Å². The predicted octanol–water partition coefficient (Wildman–Crippen LogP) is 3.31. The molecule has 0 amide bonds. The average molecular weight is 222 g/mol. The number of rotatable bonds is 3. The number of hydrogen-bond donors (Lipinski definition) is 1. The second-order valence-electron chi connectivity index (χ2n) is 3.70. The van der Waals surface area contributed by atoms with E-state index in [4.69, 9.17) is 5.11 Å². The molecule has 0 unspecified atom stereocenters. The summed E-state index contributed by atoms with van der Waals surface area (Å²) in [4.78, 5) is 0. The van der Waals surface area contributed by atoms with Crippen LogP contribution in [0.2, 0.25) is 0 Å². The molecule has 3 heteroatoms. The first-order chi connectivity index (χ1) is 7.65. The highest BCUT2D eigenvalue weighted by Gasteiger charge is 2.32. The van der Waals surface area contributed by atoms with Gasteiger partial charge in [-0.15, -0.1) is 0 Å². The Hall–Kier alpha value is -1.48. The fourth-order valence-corrected chi connectivity index (χ4v) is 1.82. The second-order valence-corrected chi connectivity index (χ2v) is 3.70. The molecule has 0 bridgehead atoms. The van der Waals surface area contributed by atoms with Crippen LogP contribution in [0.15, 0.2) is 42.5 Å². The van der Waals surface area contributed by atoms with Crippen LogP contribution < -0.4 is 0 Å². The molecule has 0 saturated carbocycles. The van der Waals surface area contributed by atoms with E-state index in [1.807, 2.05) is 6.07 Å². The van der Waals surface area contributed by atoms with Crippen LogP contribution in [0, 0.1) is 0 Å². The lowest BCUT2D eigenvalue weighted by molar-refractivity contribution is -0.0255. The molecule has 0 fully saturated rings. The van der Waals surface area contributed by atoms with E-state index in [1.54, 1.807) is 30.3 Å². The first-order valence-corrected chi connectivity index (χ1v) is 5.12. The second kappa shape index (κ2) is 4.18. The number of alkyl halides is 2. The van der Waals surface area contributed by atoms with E-state index >= 15 is 0 Å². The normalized spacial score (nSPS) is 11.9. The number of aliphatic hydroxyl groups is 1. The molecule has 84 valence electrons. The van der Waals surface area contributed by atoms with E-state index < -0.39 is 19.0 Å². The van der Waals surface area contributed by atoms with Gasteiger partial charge in [0.2, 0.25) is 0 Å². The molecule has 0 heterocycles. The van der Waals surface area contributed by atoms with Crippen molar-refractivity contribution in [2.45, 2.75) is 12.3 Å². The summed E-state index contributed by atoms with van der Waals surface area (Å²) in [5.41, 5.74) is -0.0142. The first-order valence-electron chi connectivity index (χ1n) is 5.12. The lowest BCUT2D eigenvalue weighted by Crippen LogP contribution is -2.15. The minimum absolute atomic E-state index is 0.0142. The van der Waals surface area contributed by atoms with Crippen LogP contribution in [0.3, 0.4) is 0 Å². The molecular weight excluding hydrogens is 210 g/mol. The van der Waals surface area contributed by atoms with Crippen molar-refractivity contribution in [2.75, 3.05) is 6.61 Å². The third-order valence-corrected chi connectivity index (χ3v) is 2.61. The Morgan fingerprint density at radius 2 is 1.69 bits per heavy atom. The summed E-state index contributed by atoms with van der Waals surface area (Å²) in [6.07, 6.45) is -0.541. The van der Waals surface area contributed by atoms with Gasteiger partial charge in [0, 0.05) is 18.6 Å². The SMILES string of the molecule is OCCC(F)(F)c1cccc2ccccc12. The monoisotopic (exact) mass is 222 g/mol. The van der Waals surface area contributed by atoms with Gasteiger partial charge in [-0.2, -0.15) is 0 Å². The smallest absolute Gasteiger partial charge is 0.276 e. The Labute approximate surface area is 92.3 Å². The molecule has 0 aliphatic carbocycles. The number of halogens is 2. The zero-order valence-corrected chi connectivity index (χ0v) is 8.66. The lowest BCUT2D eigenvalue weighted by atomic mass is 9.98. The fraction of sp³-hybridized carbons (Fsp3) is 0.231. The van der Waals surface area contributed by atoms with Crippen LogP contribution in [0.5, 0.6) is 0 Å². The van der Waals surface area contributed by atoms with Gasteiger partial charge >= 0.3 is 0 Å². The number of aliphatic hydroxyl groups excluding tert-OH is 1. The van der Waals surface area contributed by atoms with Crippen LogP contribution in [-0.2, 0) is 5.92 Å². The first kappa shape index (κ1) is 11.0. The molecule has 0 saturated heterocycles. The molecule has 0 aliphatic rings. The Balaban J connectivity index is 2.60. The maximum atomic E-state index is 13.7. The molecule has 0 aliphatic heterocycles. The van der Waals surface area contributed by atoms with Crippen LogP contribution >= 0.6 is 0 Å². The van der Waals surface area contributed by atoms with Crippen LogP contribution in [0.25, 0.3) is 10.8 Å². The lowest BCUT2D eigenvalue weighted by Gasteiger charge is -2.17. The Morgan fingerprint density at radius 1 is 1.00 bits per heavy atom. The van der Waals surface area contributed by atoms with Gasteiger partial charge in [0.15, 0.2) is 0 Å². The van der Waals surface area contributed by atoms with E-state index in [0.717, 1.165) is 5.39 Å². The summed E-state index contributed by atoms with van der Waals surface area (Å²) < 4.78 is 27.5. The van der Waals surface area contributed by atoms with Crippen molar-refractivity contribution in [3.05, 3.63) is 48.0 Å². The molecule has 0 atom stereocenters. The van der Waals surface area contributed by atoms with Gasteiger partial charge in [0.25, 0.3) is 5.92 Å². The van der Waals surface area contributed by atoms with Crippen LogP contribution in [-0.4, -0.2) is 11.7 Å². The number of benzene rings is 2. The van der Waals surface area contributed by atoms with Gasteiger partial charge in [-0.25, -0.2) is 8.78 Å². The van der Waals surface area contributed by atoms with E-state index in [0.29, 0.717) is 5.39 Å². The highest BCUT2D eigenvalue weighted by atomic mass is 19.3. The van der Waals surface area contributed by atoms with Crippen molar-refractivity contribution in [3.63, 3.8) is 0 Å². The maximum Gasteiger partial charge on any atom is 0.276 e. The summed E-state index contributed by atoms with van der Waals surface area (Å²) >= 11 is 0. The predicted molar refractivity (Wildman–Crippen MR) is 59.5 cm³/mol. The minimum Gasteiger partial charge on any atom is -0.396 e. The van der Waals surface area contributed by atoms with Crippen molar-refractivity contribution in [1.29, 1.82) is 0 Å². The van der Waals surface area contributed by atoms with Crippen LogP contribution in [0.4, 0.5) is 8.78 Å². The molecule has 1 N–H and O–H groups in total. The summed E-state index contributed by atoms with van der Waals surface area (Å²) in [7, 11) is 0. The quantitative estimate of drug-likeness (QED) is 0.844. The van der Waals surface area contributed by atoms with Crippen molar-refractivity contribution < 1.29 is 13.9 Å². The van der Waals surface area contributed by atoms with Gasteiger partial charge < -0.3 is 5.11 Å². The molecule has 2 aromatic rings. The standard InChI is InChI=1S/C13H12F2O/c14-13(15,8-9-16)12-7-3-5-10-4-1-2-6-11(10)12/h1-7,16H,8-9H2. The number of fused-ring (bicyclic) bond motifs is 1. The molecular formula is C13H12F2O. The van der Waals surface area contributed by atoms with E-state index in [9.17, 15) is 8.78 Å². The van der Waals surface area contributed by atoms with Gasteiger partial charge in [-0.1, -0.05) is 42.5 Å². The molecule has 1 nitrogen and oxygen atoms in total. The van der Waals surface area contributed by atoms with E-state index in [-0.39, 0.29) is 5.56 Å². The molecule has 2 aromatic carbocycles. The third kappa shape index (κ3) is 1.91. The molecule has 2 rings (SSSR count). The zero-order valence-electron chi connectivity index (χ0n) is 8.66. The molecule has 16 heavy (non-hydrogen) atoms. The molecule has 0 aromatic heterocycles. The summed E-state index contributed by atoms with van der Waals surface area (Å²) in [5.74, 6) is -2.98. The highest BCUT2D eigenvalue weighted by Crippen LogP contribution is 2.35. The van der Waals surface area contributed by atoms with Gasteiger partial charge in [-0.3, -0.25) is 0 Å². The Bertz CT molecular complexity index is 489. The van der Waals surface area contributed by atoms with E-state index in [2.05, 4.69) is 0 Å². The molecule has 0 spiro atoms. The van der Waals surface area contributed by atoms with Crippen molar-refractivity contribution in [2.24, 2.45) is 0 Å². The number of hydrogen-bond acceptors (Lipinski definition) is 1. The summed E-state index contributed by atoms with van der Waals surface area (Å²) in [5, 5.41) is 9.99. The van der Waals surface area contributed by atoms with E-state index in [1.165, 1.54) is 6.07 Å². The average Bonchev–Trinajstić information content (AvgIpc) is 2.28. The highest BCUT2D eigenvalue weighted by molar-refractivity contribution is 5.86.